The minimum Gasteiger partial charge on any atom is -0.481 e. The van der Waals surface area contributed by atoms with Crippen LogP contribution in [0.3, 0.4) is 0 Å². The minimum absolute atomic E-state index is 0.242. The van der Waals surface area contributed by atoms with Crippen molar-refractivity contribution in [2.24, 2.45) is 0 Å². The molecule has 0 atom stereocenters. The van der Waals surface area contributed by atoms with Crippen molar-refractivity contribution in [3.05, 3.63) is 71.8 Å². The van der Waals surface area contributed by atoms with Crippen LogP contribution in [0, 0.1) is 11.3 Å². The van der Waals surface area contributed by atoms with Gasteiger partial charge in [0.15, 0.2) is 13.2 Å². The van der Waals surface area contributed by atoms with Crippen molar-refractivity contribution in [1.29, 1.82) is 5.26 Å². The Kier molecular flexibility index (Phi) is 6.42. The van der Waals surface area contributed by atoms with Crippen molar-refractivity contribution >= 4 is 17.4 Å². The lowest BCUT2D eigenvalue weighted by Crippen LogP contribution is -2.38. The topological polar surface area (TPSA) is 79.6 Å². The minimum atomic E-state index is -0.654. The van der Waals surface area contributed by atoms with E-state index in [9.17, 15) is 9.59 Å². The Hall–Kier alpha value is -3.59. The number of nitriles is 1. The molecule has 142 valence electrons. The Morgan fingerprint density at radius 3 is 2.50 bits per heavy atom. The van der Waals surface area contributed by atoms with E-state index >= 15 is 0 Å². The van der Waals surface area contributed by atoms with E-state index < -0.39 is 5.97 Å². The highest BCUT2D eigenvalue weighted by Gasteiger charge is 2.19. The summed E-state index contributed by atoms with van der Waals surface area (Å²) >= 11 is 0. The fourth-order valence-corrected chi connectivity index (χ4v) is 2.91. The number of nitrogens with zero attached hydrogens (tertiary/aromatic N) is 2. The molecule has 0 saturated heterocycles. The highest BCUT2D eigenvalue weighted by molar-refractivity contribution is 5.82. The van der Waals surface area contributed by atoms with Gasteiger partial charge in [0.25, 0.3) is 5.91 Å². The molecule has 0 aliphatic carbocycles. The molecule has 1 heterocycles. The second-order valence-electron chi connectivity index (χ2n) is 6.24. The first-order valence-corrected chi connectivity index (χ1v) is 8.97. The molecular weight excluding hydrogens is 356 g/mol. The zero-order valence-electron chi connectivity index (χ0n) is 15.3. The molecule has 6 heteroatoms. The molecule has 0 fully saturated rings. The maximum Gasteiger partial charge on any atom is 0.344 e. The SMILES string of the molecule is N#Cc1ccccc1OCC(=O)OCC(=O)N1CC=C(c2ccccc2)CC1. The molecule has 1 amide bonds. The summed E-state index contributed by atoms with van der Waals surface area (Å²) in [5.74, 6) is -0.587. The molecule has 0 saturated carbocycles. The summed E-state index contributed by atoms with van der Waals surface area (Å²) in [5, 5.41) is 8.99. The van der Waals surface area contributed by atoms with Crippen LogP contribution >= 0.6 is 0 Å². The standard InChI is InChI=1S/C22H20N2O4/c23-14-19-8-4-5-9-20(19)27-16-22(26)28-15-21(25)24-12-10-18(11-13-24)17-6-2-1-3-7-17/h1-10H,11-13,15-16H2. The zero-order valence-corrected chi connectivity index (χ0v) is 15.3. The van der Waals surface area contributed by atoms with Crippen molar-refractivity contribution in [3.8, 4) is 11.8 Å². The lowest BCUT2D eigenvalue weighted by Gasteiger charge is -2.26. The van der Waals surface area contributed by atoms with Crippen LogP contribution in [0.2, 0.25) is 0 Å². The summed E-state index contributed by atoms with van der Waals surface area (Å²) in [6.45, 7) is 0.399. The van der Waals surface area contributed by atoms with Crippen molar-refractivity contribution in [1.82, 2.24) is 4.90 Å². The van der Waals surface area contributed by atoms with Gasteiger partial charge in [-0.1, -0.05) is 48.5 Å². The molecule has 0 bridgehead atoms. The molecule has 1 aliphatic rings. The van der Waals surface area contributed by atoms with Crippen LogP contribution in [0.15, 0.2) is 60.7 Å². The zero-order chi connectivity index (χ0) is 19.8. The quantitative estimate of drug-likeness (QED) is 0.725. The number of ether oxygens (including phenoxy) is 2. The van der Waals surface area contributed by atoms with Crippen LogP contribution in [0.1, 0.15) is 17.5 Å². The molecule has 0 aromatic heterocycles. The van der Waals surface area contributed by atoms with Crippen LogP contribution in [-0.2, 0) is 14.3 Å². The van der Waals surface area contributed by atoms with Gasteiger partial charge >= 0.3 is 5.97 Å². The summed E-state index contributed by atoms with van der Waals surface area (Å²) in [6, 6.07) is 18.6. The van der Waals surface area contributed by atoms with E-state index in [4.69, 9.17) is 14.7 Å². The van der Waals surface area contributed by atoms with Crippen LogP contribution in [0.25, 0.3) is 5.57 Å². The van der Waals surface area contributed by atoms with Gasteiger partial charge in [-0.15, -0.1) is 0 Å². The third-order valence-corrected chi connectivity index (χ3v) is 4.42. The van der Waals surface area contributed by atoms with Gasteiger partial charge in [0, 0.05) is 13.1 Å². The number of para-hydroxylation sites is 1. The average Bonchev–Trinajstić information content (AvgIpc) is 2.77. The summed E-state index contributed by atoms with van der Waals surface area (Å²) in [7, 11) is 0. The molecular formula is C22H20N2O4. The predicted molar refractivity (Wildman–Crippen MR) is 103 cm³/mol. The van der Waals surface area contributed by atoms with E-state index in [1.54, 1.807) is 29.2 Å². The van der Waals surface area contributed by atoms with Crippen LogP contribution in [0.4, 0.5) is 0 Å². The van der Waals surface area contributed by atoms with E-state index in [-0.39, 0.29) is 19.1 Å². The first kappa shape index (κ1) is 19.2. The van der Waals surface area contributed by atoms with Gasteiger partial charge in [0.2, 0.25) is 0 Å². The fraction of sp³-hybridized carbons (Fsp3) is 0.227. The Balaban J connectivity index is 1.44. The van der Waals surface area contributed by atoms with Crippen LogP contribution < -0.4 is 4.74 Å². The number of hydrogen-bond acceptors (Lipinski definition) is 5. The number of rotatable bonds is 6. The second kappa shape index (κ2) is 9.38. The highest BCUT2D eigenvalue weighted by atomic mass is 16.6. The number of amides is 1. The molecule has 6 nitrogen and oxygen atoms in total. The number of carbonyl (C=O) groups excluding carboxylic acids is 2. The van der Waals surface area contributed by atoms with Gasteiger partial charge in [-0.25, -0.2) is 4.79 Å². The maximum absolute atomic E-state index is 12.3. The summed E-state index contributed by atoms with van der Waals surface area (Å²) < 4.78 is 10.3. The Labute approximate surface area is 163 Å². The Morgan fingerprint density at radius 1 is 1.04 bits per heavy atom. The molecule has 1 aliphatic heterocycles. The third-order valence-electron chi connectivity index (χ3n) is 4.42. The molecule has 3 rings (SSSR count). The van der Waals surface area contributed by atoms with Crippen LogP contribution in [0.5, 0.6) is 5.75 Å². The average molecular weight is 376 g/mol. The highest BCUT2D eigenvalue weighted by Crippen LogP contribution is 2.22. The molecule has 28 heavy (non-hydrogen) atoms. The van der Waals surface area contributed by atoms with Gasteiger partial charge < -0.3 is 14.4 Å². The number of carbonyl (C=O) groups is 2. The molecule has 0 unspecified atom stereocenters. The molecule has 0 radical (unpaired) electrons. The van der Waals surface area contributed by atoms with Crippen molar-refractivity contribution in [2.75, 3.05) is 26.3 Å². The van der Waals surface area contributed by atoms with E-state index in [1.165, 1.54) is 5.57 Å². The van der Waals surface area contributed by atoms with Gasteiger partial charge in [0.05, 0.1) is 5.56 Å². The van der Waals surface area contributed by atoms with Crippen molar-refractivity contribution < 1.29 is 19.1 Å². The largest absolute Gasteiger partial charge is 0.481 e. The fourth-order valence-electron chi connectivity index (χ4n) is 2.91. The number of benzene rings is 2. The monoisotopic (exact) mass is 376 g/mol. The normalized spacial score (nSPS) is 13.2. The summed E-state index contributed by atoms with van der Waals surface area (Å²) in [4.78, 5) is 25.7. The van der Waals surface area contributed by atoms with Gasteiger partial charge in [-0.3, -0.25) is 4.79 Å². The van der Waals surface area contributed by atoms with E-state index in [0.717, 1.165) is 12.0 Å². The number of hydrogen-bond donors (Lipinski definition) is 0. The first-order chi connectivity index (χ1) is 13.7. The summed E-state index contributed by atoms with van der Waals surface area (Å²) in [6.07, 6.45) is 2.79. The Bertz CT molecular complexity index is 916. The van der Waals surface area contributed by atoms with Gasteiger partial charge in [-0.05, 0) is 29.7 Å². The van der Waals surface area contributed by atoms with E-state index in [2.05, 4.69) is 12.1 Å². The first-order valence-electron chi connectivity index (χ1n) is 8.97. The van der Waals surface area contributed by atoms with Crippen molar-refractivity contribution in [2.45, 2.75) is 6.42 Å². The van der Waals surface area contributed by atoms with Crippen molar-refractivity contribution in [3.63, 3.8) is 0 Å². The maximum atomic E-state index is 12.3. The lowest BCUT2D eigenvalue weighted by molar-refractivity contribution is -0.153. The summed E-state index contributed by atoms with van der Waals surface area (Å²) in [5.41, 5.74) is 2.71. The molecule has 0 N–H and O–H groups in total. The van der Waals surface area contributed by atoms with E-state index in [0.29, 0.717) is 24.4 Å². The molecule has 2 aromatic rings. The molecule has 2 aromatic carbocycles. The van der Waals surface area contributed by atoms with Crippen LogP contribution in [-0.4, -0.2) is 43.1 Å². The Morgan fingerprint density at radius 2 is 1.79 bits per heavy atom. The predicted octanol–water partition coefficient (Wildman–Crippen LogP) is 2.80. The number of esters is 1. The van der Waals surface area contributed by atoms with Gasteiger partial charge in [0.1, 0.15) is 11.8 Å². The second-order valence-corrected chi connectivity index (χ2v) is 6.24. The lowest BCUT2D eigenvalue weighted by atomic mass is 10.00. The smallest absolute Gasteiger partial charge is 0.344 e. The molecule has 0 spiro atoms. The van der Waals surface area contributed by atoms with E-state index in [1.807, 2.05) is 30.3 Å². The van der Waals surface area contributed by atoms with Gasteiger partial charge in [-0.2, -0.15) is 5.26 Å². The third kappa shape index (κ3) is 4.98.